The fourth-order valence-electron chi connectivity index (χ4n) is 1.88. The fourth-order valence-corrected chi connectivity index (χ4v) is 2.41. The van der Waals surface area contributed by atoms with Crippen molar-refractivity contribution in [1.82, 2.24) is 4.98 Å². The molecule has 20 heavy (non-hydrogen) atoms. The van der Waals surface area contributed by atoms with E-state index in [2.05, 4.69) is 10.3 Å². The first-order chi connectivity index (χ1) is 9.60. The molecule has 0 bridgehead atoms. The number of rotatable bonds is 5. The molecule has 0 aliphatic rings. The van der Waals surface area contributed by atoms with Gasteiger partial charge in [0.1, 0.15) is 5.75 Å². The van der Waals surface area contributed by atoms with Crippen molar-refractivity contribution in [2.24, 2.45) is 0 Å². The Balaban J connectivity index is 2.06. The Hall–Kier alpha value is -1.88. The average molecular weight is 290 g/mol. The lowest BCUT2D eigenvalue weighted by molar-refractivity contribution is -0.122. The van der Waals surface area contributed by atoms with Gasteiger partial charge in [-0.2, -0.15) is 0 Å². The van der Waals surface area contributed by atoms with Crippen molar-refractivity contribution in [3.05, 3.63) is 40.9 Å². The molecule has 4 nitrogen and oxygen atoms in total. The minimum atomic E-state index is -0.514. The highest BCUT2D eigenvalue weighted by Gasteiger charge is 2.20. The number of anilines is 1. The molecule has 0 radical (unpaired) electrons. The molecule has 0 aliphatic heterocycles. The SMILES string of the molecule is CC[C@H](Oc1ccc(C)cc1C)C(=O)Nc1nccs1. The number of thiazole rings is 1. The van der Waals surface area contributed by atoms with E-state index >= 15 is 0 Å². The summed E-state index contributed by atoms with van der Waals surface area (Å²) in [7, 11) is 0. The van der Waals surface area contributed by atoms with E-state index < -0.39 is 6.10 Å². The van der Waals surface area contributed by atoms with E-state index in [1.54, 1.807) is 6.20 Å². The van der Waals surface area contributed by atoms with Crippen LogP contribution in [0.5, 0.6) is 5.75 Å². The highest BCUT2D eigenvalue weighted by Crippen LogP contribution is 2.21. The third kappa shape index (κ3) is 3.57. The van der Waals surface area contributed by atoms with Gasteiger partial charge in [-0.3, -0.25) is 10.1 Å². The molecule has 1 aromatic heterocycles. The first-order valence-corrected chi connectivity index (χ1v) is 7.42. The van der Waals surface area contributed by atoms with E-state index in [1.165, 1.54) is 16.9 Å². The van der Waals surface area contributed by atoms with Crippen molar-refractivity contribution in [2.75, 3.05) is 5.32 Å². The number of amides is 1. The number of carbonyl (C=O) groups is 1. The van der Waals surface area contributed by atoms with Crippen LogP contribution in [0.1, 0.15) is 24.5 Å². The number of hydrogen-bond donors (Lipinski definition) is 1. The number of benzene rings is 1. The van der Waals surface area contributed by atoms with Gasteiger partial charge >= 0.3 is 0 Å². The maximum Gasteiger partial charge on any atom is 0.267 e. The smallest absolute Gasteiger partial charge is 0.267 e. The lowest BCUT2D eigenvalue weighted by atomic mass is 10.1. The first kappa shape index (κ1) is 14.5. The summed E-state index contributed by atoms with van der Waals surface area (Å²) in [6.07, 6.45) is 1.75. The number of aromatic nitrogens is 1. The van der Waals surface area contributed by atoms with E-state index in [1.807, 2.05) is 44.4 Å². The molecule has 1 N–H and O–H groups in total. The molecule has 1 aromatic carbocycles. The standard InChI is InChI=1S/C15H18N2O2S/c1-4-12(14(18)17-15-16-7-8-20-15)19-13-6-5-10(2)9-11(13)3/h5-9,12H,4H2,1-3H3,(H,16,17,18)/t12-/m0/s1. The molecule has 5 heteroatoms. The van der Waals surface area contributed by atoms with Gasteiger partial charge in [-0.15, -0.1) is 11.3 Å². The van der Waals surface area contributed by atoms with Crippen LogP contribution in [0.2, 0.25) is 0 Å². The molecule has 1 heterocycles. The molecule has 0 saturated carbocycles. The van der Waals surface area contributed by atoms with Crippen LogP contribution in [-0.2, 0) is 4.79 Å². The molecule has 1 atom stereocenters. The molecule has 0 unspecified atom stereocenters. The maximum absolute atomic E-state index is 12.2. The number of hydrogen-bond acceptors (Lipinski definition) is 4. The summed E-state index contributed by atoms with van der Waals surface area (Å²) in [5.74, 6) is 0.583. The monoisotopic (exact) mass is 290 g/mol. The van der Waals surface area contributed by atoms with Gasteiger partial charge in [0.2, 0.25) is 0 Å². The third-order valence-corrected chi connectivity index (χ3v) is 3.61. The summed E-state index contributed by atoms with van der Waals surface area (Å²) in [4.78, 5) is 16.2. The Morgan fingerprint density at radius 1 is 1.45 bits per heavy atom. The predicted molar refractivity (Wildman–Crippen MR) is 81.4 cm³/mol. The van der Waals surface area contributed by atoms with E-state index in [0.29, 0.717) is 11.6 Å². The Kier molecular flexibility index (Phi) is 4.74. The zero-order valence-electron chi connectivity index (χ0n) is 11.8. The molecule has 0 saturated heterocycles. The third-order valence-electron chi connectivity index (χ3n) is 2.93. The molecule has 2 aromatic rings. The molecule has 0 fully saturated rings. The second kappa shape index (κ2) is 6.52. The zero-order valence-corrected chi connectivity index (χ0v) is 12.7. The molecule has 106 valence electrons. The Labute approximate surface area is 122 Å². The van der Waals surface area contributed by atoms with Crippen LogP contribution in [0.3, 0.4) is 0 Å². The summed E-state index contributed by atoms with van der Waals surface area (Å²) in [6, 6.07) is 5.93. The Morgan fingerprint density at radius 2 is 2.25 bits per heavy atom. The van der Waals surface area contributed by atoms with Gasteiger partial charge in [0.05, 0.1) is 0 Å². The topological polar surface area (TPSA) is 51.2 Å². The molecule has 0 spiro atoms. The van der Waals surface area contributed by atoms with Crippen molar-refractivity contribution in [1.29, 1.82) is 0 Å². The van der Waals surface area contributed by atoms with E-state index in [0.717, 1.165) is 11.3 Å². The summed E-state index contributed by atoms with van der Waals surface area (Å²) in [6.45, 7) is 5.94. The van der Waals surface area contributed by atoms with Crippen molar-refractivity contribution in [3.63, 3.8) is 0 Å². The van der Waals surface area contributed by atoms with Gasteiger partial charge in [-0.05, 0) is 31.9 Å². The Bertz CT molecular complexity index is 582. The van der Waals surface area contributed by atoms with Gasteiger partial charge in [0.15, 0.2) is 11.2 Å². The number of carbonyl (C=O) groups excluding carboxylic acids is 1. The Morgan fingerprint density at radius 3 is 2.85 bits per heavy atom. The molecule has 2 rings (SSSR count). The number of nitrogens with one attached hydrogen (secondary N) is 1. The van der Waals surface area contributed by atoms with E-state index in [9.17, 15) is 4.79 Å². The lowest BCUT2D eigenvalue weighted by Gasteiger charge is -2.18. The minimum Gasteiger partial charge on any atom is -0.480 e. The van der Waals surface area contributed by atoms with Gasteiger partial charge in [-0.25, -0.2) is 4.98 Å². The summed E-state index contributed by atoms with van der Waals surface area (Å²) in [5.41, 5.74) is 2.21. The average Bonchev–Trinajstić information content (AvgIpc) is 2.90. The van der Waals surface area contributed by atoms with E-state index in [-0.39, 0.29) is 5.91 Å². The summed E-state index contributed by atoms with van der Waals surface area (Å²) < 4.78 is 5.82. The van der Waals surface area contributed by atoms with Crippen LogP contribution in [0, 0.1) is 13.8 Å². The van der Waals surface area contributed by atoms with Crippen LogP contribution in [0.25, 0.3) is 0 Å². The van der Waals surface area contributed by atoms with Gasteiger partial charge in [-0.1, -0.05) is 24.6 Å². The van der Waals surface area contributed by atoms with Crippen LogP contribution in [0.4, 0.5) is 5.13 Å². The van der Waals surface area contributed by atoms with Crippen LogP contribution in [0.15, 0.2) is 29.8 Å². The second-order valence-corrected chi connectivity index (χ2v) is 5.50. The largest absolute Gasteiger partial charge is 0.480 e. The van der Waals surface area contributed by atoms with Gasteiger partial charge in [0.25, 0.3) is 5.91 Å². The summed E-state index contributed by atoms with van der Waals surface area (Å²) >= 11 is 1.39. The lowest BCUT2D eigenvalue weighted by Crippen LogP contribution is -2.32. The van der Waals surface area contributed by atoms with Crippen LogP contribution >= 0.6 is 11.3 Å². The normalized spacial score (nSPS) is 11.9. The van der Waals surface area contributed by atoms with Crippen molar-refractivity contribution in [2.45, 2.75) is 33.3 Å². The van der Waals surface area contributed by atoms with Crippen LogP contribution in [-0.4, -0.2) is 17.0 Å². The van der Waals surface area contributed by atoms with Gasteiger partial charge < -0.3 is 4.74 Å². The van der Waals surface area contributed by atoms with Gasteiger partial charge in [0, 0.05) is 11.6 Å². The van der Waals surface area contributed by atoms with Crippen molar-refractivity contribution >= 4 is 22.4 Å². The molecule has 1 amide bonds. The van der Waals surface area contributed by atoms with Crippen molar-refractivity contribution < 1.29 is 9.53 Å². The highest BCUT2D eigenvalue weighted by molar-refractivity contribution is 7.13. The molecular weight excluding hydrogens is 272 g/mol. The van der Waals surface area contributed by atoms with Crippen molar-refractivity contribution in [3.8, 4) is 5.75 Å². The first-order valence-electron chi connectivity index (χ1n) is 6.54. The van der Waals surface area contributed by atoms with E-state index in [4.69, 9.17) is 4.74 Å². The number of aryl methyl sites for hydroxylation is 2. The predicted octanol–water partition coefficient (Wildman–Crippen LogP) is 3.56. The zero-order chi connectivity index (χ0) is 14.5. The number of ether oxygens (including phenoxy) is 1. The second-order valence-electron chi connectivity index (χ2n) is 4.61. The summed E-state index contributed by atoms with van der Waals surface area (Å²) in [5, 5.41) is 5.18. The number of nitrogens with zero attached hydrogens (tertiary/aromatic N) is 1. The fraction of sp³-hybridized carbons (Fsp3) is 0.333. The maximum atomic E-state index is 12.2. The molecule has 0 aliphatic carbocycles. The van der Waals surface area contributed by atoms with Crippen LogP contribution < -0.4 is 10.1 Å². The molecular formula is C15H18N2O2S. The highest BCUT2D eigenvalue weighted by atomic mass is 32.1. The quantitative estimate of drug-likeness (QED) is 0.916. The minimum absolute atomic E-state index is 0.164.